The zero-order chi connectivity index (χ0) is 8.20. The number of esters is 1. The molecule has 0 unspecified atom stereocenters. The van der Waals surface area contributed by atoms with E-state index >= 15 is 0 Å². The van der Waals surface area contributed by atoms with Crippen LogP contribution in [0.5, 0.6) is 0 Å². The first-order valence-corrected chi connectivity index (χ1v) is 6.64. The highest BCUT2D eigenvalue weighted by atomic mass is 31.2. The molecule has 3 heteroatoms. The molecule has 0 radical (unpaired) electrons. The van der Waals surface area contributed by atoms with Crippen molar-refractivity contribution < 1.29 is 9.53 Å². The summed E-state index contributed by atoms with van der Waals surface area (Å²) in [5, 5.41) is 0. The molecule has 0 spiro atoms. The van der Waals surface area contributed by atoms with E-state index < -0.39 is 7.26 Å². The lowest BCUT2D eigenvalue weighted by Gasteiger charge is -2.09. The number of methoxy groups -OCH3 is 1. The van der Waals surface area contributed by atoms with Gasteiger partial charge in [0.2, 0.25) is 0 Å². The average molecular weight is 163 g/mol. The molecule has 0 heterocycles. The lowest BCUT2D eigenvalue weighted by atomic mass is 10.5. The van der Waals surface area contributed by atoms with Gasteiger partial charge in [0.15, 0.2) is 0 Å². The Labute approximate surface area is 63.3 Å². The SMILES string of the molecule is COC(=O)CC[P+](C)(C)C. The minimum Gasteiger partial charge on any atom is -0.469 e. The van der Waals surface area contributed by atoms with E-state index in [2.05, 4.69) is 24.7 Å². The Bertz CT molecular complexity index is 115. The van der Waals surface area contributed by atoms with Crippen LogP contribution in [-0.4, -0.2) is 39.2 Å². The molecule has 0 bridgehead atoms. The third-order valence-corrected chi connectivity index (χ3v) is 2.78. The lowest BCUT2D eigenvalue weighted by Crippen LogP contribution is -2.04. The zero-order valence-electron chi connectivity index (χ0n) is 7.18. The highest BCUT2D eigenvalue weighted by molar-refractivity contribution is 7.73. The van der Waals surface area contributed by atoms with Crippen molar-refractivity contribution >= 4 is 13.2 Å². The minimum absolute atomic E-state index is 0.0880. The molecule has 60 valence electrons. The topological polar surface area (TPSA) is 26.3 Å². The Morgan fingerprint density at radius 2 is 1.90 bits per heavy atom. The summed E-state index contributed by atoms with van der Waals surface area (Å²) >= 11 is 0. The first-order valence-electron chi connectivity index (χ1n) is 3.33. The van der Waals surface area contributed by atoms with Gasteiger partial charge >= 0.3 is 5.97 Å². The van der Waals surface area contributed by atoms with Gasteiger partial charge in [0.05, 0.1) is 19.7 Å². The van der Waals surface area contributed by atoms with Crippen LogP contribution in [0, 0.1) is 0 Å². The van der Waals surface area contributed by atoms with Crippen molar-refractivity contribution in [3.05, 3.63) is 0 Å². The van der Waals surface area contributed by atoms with E-state index in [4.69, 9.17) is 0 Å². The molecule has 0 fully saturated rings. The molecule has 0 aliphatic carbocycles. The van der Waals surface area contributed by atoms with Crippen molar-refractivity contribution in [2.45, 2.75) is 6.42 Å². The first kappa shape index (κ1) is 9.90. The molecule has 0 aromatic carbocycles. The second kappa shape index (κ2) is 3.92. The molecule has 0 saturated carbocycles. The van der Waals surface area contributed by atoms with Crippen LogP contribution in [0.4, 0.5) is 0 Å². The molecule has 0 aromatic heterocycles. The molecule has 0 amide bonds. The largest absolute Gasteiger partial charge is 0.469 e. The Morgan fingerprint density at radius 1 is 1.40 bits per heavy atom. The summed E-state index contributed by atoms with van der Waals surface area (Å²) in [5.41, 5.74) is 0. The van der Waals surface area contributed by atoms with Crippen LogP contribution < -0.4 is 0 Å². The minimum atomic E-state index is -0.784. The van der Waals surface area contributed by atoms with Crippen molar-refractivity contribution in [3.8, 4) is 0 Å². The number of carbonyl (C=O) groups is 1. The predicted molar refractivity (Wildman–Crippen MR) is 46.2 cm³/mol. The van der Waals surface area contributed by atoms with Gasteiger partial charge in [-0.2, -0.15) is 0 Å². The number of rotatable bonds is 3. The van der Waals surface area contributed by atoms with E-state index in [1.54, 1.807) is 0 Å². The van der Waals surface area contributed by atoms with Gasteiger partial charge in [-0.3, -0.25) is 4.79 Å². The summed E-state index contributed by atoms with van der Waals surface area (Å²) < 4.78 is 4.52. The molecule has 0 N–H and O–H groups in total. The van der Waals surface area contributed by atoms with Crippen molar-refractivity contribution in [1.82, 2.24) is 0 Å². The number of hydrogen-bond acceptors (Lipinski definition) is 2. The monoisotopic (exact) mass is 163 g/mol. The molecule has 2 nitrogen and oxygen atoms in total. The molecular weight excluding hydrogens is 147 g/mol. The van der Waals surface area contributed by atoms with Crippen molar-refractivity contribution in [2.24, 2.45) is 0 Å². The molecule has 0 saturated heterocycles. The molecule has 0 aliphatic heterocycles. The fourth-order valence-electron chi connectivity index (χ4n) is 0.529. The maximum absolute atomic E-state index is 10.7. The van der Waals surface area contributed by atoms with Gasteiger partial charge in [0.25, 0.3) is 0 Å². The maximum atomic E-state index is 10.7. The summed E-state index contributed by atoms with van der Waals surface area (Å²) in [5.74, 6) is -0.0880. The van der Waals surface area contributed by atoms with Gasteiger partial charge < -0.3 is 4.74 Å². The van der Waals surface area contributed by atoms with Crippen molar-refractivity contribution in [1.29, 1.82) is 0 Å². The van der Waals surface area contributed by atoms with Crippen molar-refractivity contribution in [2.75, 3.05) is 33.3 Å². The van der Waals surface area contributed by atoms with Gasteiger partial charge in [-0.15, -0.1) is 0 Å². The van der Waals surface area contributed by atoms with Crippen LogP contribution in [0.25, 0.3) is 0 Å². The predicted octanol–water partition coefficient (Wildman–Crippen LogP) is 1.46. The summed E-state index contributed by atoms with van der Waals surface area (Å²) in [6.45, 7) is 6.65. The Morgan fingerprint density at radius 3 is 2.20 bits per heavy atom. The van der Waals surface area contributed by atoms with Crippen LogP contribution in [-0.2, 0) is 9.53 Å². The Hall–Kier alpha value is -0.100. The third-order valence-electron chi connectivity index (χ3n) is 1.21. The van der Waals surface area contributed by atoms with Gasteiger partial charge in [-0.05, 0) is 0 Å². The van der Waals surface area contributed by atoms with Crippen LogP contribution in [0.2, 0.25) is 0 Å². The fourth-order valence-corrected chi connectivity index (χ4v) is 1.38. The van der Waals surface area contributed by atoms with E-state index in [9.17, 15) is 4.79 Å². The first-order chi connectivity index (χ1) is 4.45. The number of hydrogen-bond donors (Lipinski definition) is 0. The second-order valence-corrected chi connectivity index (χ2v) is 8.37. The fraction of sp³-hybridized carbons (Fsp3) is 0.857. The van der Waals surface area contributed by atoms with Gasteiger partial charge in [0, 0.05) is 27.3 Å². The van der Waals surface area contributed by atoms with E-state index in [1.165, 1.54) is 7.11 Å². The molecule has 0 rings (SSSR count). The van der Waals surface area contributed by atoms with Gasteiger partial charge in [-0.25, -0.2) is 0 Å². The van der Waals surface area contributed by atoms with Crippen LogP contribution in [0.15, 0.2) is 0 Å². The normalized spacial score (nSPS) is 11.2. The molecular formula is C7H16O2P+. The van der Waals surface area contributed by atoms with E-state index in [1.807, 2.05) is 0 Å². The number of ether oxygens (including phenoxy) is 1. The van der Waals surface area contributed by atoms with E-state index in [-0.39, 0.29) is 5.97 Å². The summed E-state index contributed by atoms with van der Waals surface area (Å²) in [6.07, 6.45) is 1.58. The molecule has 0 aromatic rings. The quantitative estimate of drug-likeness (QED) is 0.465. The van der Waals surface area contributed by atoms with Crippen LogP contribution in [0.3, 0.4) is 0 Å². The second-order valence-electron chi connectivity index (χ2n) is 3.34. The molecule has 10 heavy (non-hydrogen) atoms. The highest BCUT2D eigenvalue weighted by Crippen LogP contribution is 2.46. The summed E-state index contributed by atoms with van der Waals surface area (Å²) in [7, 11) is 0.650. The average Bonchev–Trinajstić information content (AvgIpc) is 1.81. The molecule has 0 atom stereocenters. The van der Waals surface area contributed by atoms with Crippen LogP contribution in [0.1, 0.15) is 6.42 Å². The van der Waals surface area contributed by atoms with Crippen LogP contribution >= 0.6 is 7.26 Å². The summed E-state index contributed by atoms with van der Waals surface area (Å²) in [6, 6.07) is 0. The van der Waals surface area contributed by atoms with Gasteiger partial charge in [-0.1, -0.05) is 0 Å². The Balaban J connectivity index is 3.46. The highest BCUT2D eigenvalue weighted by Gasteiger charge is 2.18. The van der Waals surface area contributed by atoms with Gasteiger partial charge in [0.1, 0.15) is 0 Å². The summed E-state index contributed by atoms with van der Waals surface area (Å²) in [4.78, 5) is 10.7. The maximum Gasteiger partial charge on any atom is 0.309 e. The number of carbonyl (C=O) groups excluding carboxylic acids is 1. The third kappa shape index (κ3) is 6.03. The zero-order valence-corrected chi connectivity index (χ0v) is 8.07. The molecule has 0 aliphatic rings. The van der Waals surface area contributed by atoms with Crippen molar-refractivity contribution in [3.63, 3.8) is 0 Å². The van der Waals surface area contributed by atoms with E-state index in [0.717, 1.165) is 6.16 Å². The standard InChI is InChI=1S/C7H16O2P/c1-9-7(8)5-6-10(2,3)4/h5-6H2,1-4H3/q+1. The van der Waals surface area contributed by atoms with E-state index in [0.29, 0.717) is 6.42 Å². The smallest absolute Gasteiger partial charge is 0.309 e. The Kier molecular flexibility index (Phi) is 3.88. The lowest BCUT2D eigenvalue weighted by molar-refractivity contribution is -0.140.